The van der Waals surface area contributed by atoms with Crippen molar-refractivity contribution in [3.8, 4) is 0 Å². The molecular formula is C20H19ClFN3O3. The van der Waals surface area contributed by atoms with Crippen LogP contribution in [0.3, 0.4) is 0 Å². The summed E-state index contributed by atoms with van der Waals surface area (Å²) in [6.07, 6.45) is 0.255. The summed E-state index contributed by atoms with van der Waals surface area (Å²) in [5, 5.41) is 5.61. The summed E-state index contributed by atoms with van der Waals surface area (Å²) < 4.78 is 13.2. The zero-order chi connectivity index (χ0) is 20.5. The Kier molecular flexibility index (Phi) is 5.38. The topological polar surface area (TPSA) is 78.5 Å². The third kappa shape index (κ3) is 3.57. The third-order valence-electron chi connectivity index (χ3n) is 4.74. The van der Waals surface area contributed by atoms with Gasteiger partial charge in [-0.1, -0.05) is 36.7 Å². The Balaban J connectivity index is 1.79. The van der Waals surface area contributed by atoms with Gasteiger partial charge in [0.25, 0.3) is 5.91 Å². The van der Waals surface area contributed by atoms with Gasteiger partial charge in [-0.05, 0) is 48.7 Å². The largest absolute Gasteiger partial charge is 0.325 e. The van der Waals surface area contributed by atoms with Crippen molar-refractivity contribution in [2.45, 2.75) is 25.8 Å². The van der Waals surface area contributed by atoms with E-state index in [0.29, 0.717) is 16.3 Å². The Morgan fingerprint density at radius 1 is 1.21 bits per heavy atom. The van der Waals surface area contributed by atoms with Crippen LogP contribution >= 0.6 is 11.6 Å². The van der Waals surface area contributed by atoms with E-state index in [1.165, 1.54) is 24.3 Å². The normalized spacial score (nSPS) is 18.9. The highest BCUT2D eigenvalue weighted by atomic mass is 35.5. The van der Waals surface area contributed by atoms with Gasteiger partial charge < -0.3 is 10.6 Å². The molecule has 1 saturated heterocycles. The zero-order valence-corrected chi connectivity index (χ0v) is 16.1. The van der Waals surface area contributed by atoms with Crippen LogP contribution in [-0.2, 0) is 15.1 Å². The number of hydrogen-bond donors (Lipinski definition) is 2. The monoisotopic (exact) mass is 403 g/mol. The van der Waals surface area contributed by atoms with Gasteiger partial charge in [0.15, 0.2) is 0 Å². The van der Waals surface area contributed by atoms with Crippen LogP contribution in [0, 0.1) is 12.7 Å². The predicted octanol–water partition coefficient (Wildman–Crippen LogP) is 3.58. The quantitative estimate of drug-likeness (QED) is 0.749. The van der Waals surface area contributed by atoms with Crippen molar-refractivity contribution in [1.82, 2.24) is 10.2 Å². The Morgan fingerprint density at radius 3 is 2.50 bits per heavy atom. The number of halogens is 2. The highest BCUT2D eigenvalue weighted by molar-refractivity contribution is 6.33. The minimum atomic E-state index is -1.33. The molecule has 4 amide bonds. The van der Waals surface area contributed by atoms with Gasteiger partial charge in [0.05, 0.1) is 10.7 Å². The lowest BCUT2D eigenvalue weighted by Crippen LogP contribution is -2.44. The Bertz CT molecular complexity index is 948. The van der Waals surface area contributed by atoms with E-state index in [1.807, 2.05) is 6.92 Å². The maximum atomic E-state index is 13.2. The fourth-order valence-electron chi connectivity index (χ4n) is 3.20. The summed E-state index contributed by atoms with van der Waals surface area (Å²) >= 11 is 6.10. The van der Waals surface area contributed by atoms with E-state index in [-0.39, 0.29) is 6.42 Å². The van der Waals surface area contributed by atoms with Crippen LogP contribution in [0.25, 0.3) is 0 Å². The van der Waals surface area contributed by atoms with Gasteiger partial charge in [0.1, 0.15) is 17.9 Å². The second kappa shape index (κ2) is 7.59. The summed E-state index contributed by atoms with van der Waals surface area (Å²) in [6, 6.07) is 9.80. The molecule has 8 heteroatoms. The van der Waals surface area contributed by atoms with Crippen molar-refractivity contribution >= 4 is 35.1 Å². The van der Waals surface area contributed by atoms with Gasteiger partial charge in [-0.15, -0.1) is 0 Å². The van der Waals surface area contributed by atoms with Crippen LogP contribution in [0.15, 0.2) is 42.5 Å². The molecule has 0 saturated carbocycles. The number of urea groups is 1. The summed E-state index contributed by atoms with van der Waals surface area (Å²) in [7, 11) is 0. The molecule has 6 nitrogen and oxygen atoms in total. The van der Waals surface area contributed by atoms with Crippen LogP contribution < -0.4 is 10.6 Å². The highest BCUT2D eigenvalue weighted by Crippen LogP contribution is 2.32. The molecule has 0 aromatic heterocycles. The molecule has 28 heavy (non-hydrogen) atoms. The molecule has 1 aliphatic rings. The van der Waals surface area contributed by atoms with E-state index in [0.717, 1.165) is 10.5 Å². The second-order valence-electron chi connectivity index (χ2n) is 6.62. The molecule has 146 valence electrons. The molecule has 1 heterocycles. The molecular weight excluding hydrogens is 385 g/mol. The molecule has 0 bridgehead atoms. The number of carbonyl (C=O) groups excluding carboxylic acids is 3. The smallest absolute Gasteiger partial charge is 0.323 e. The summed E-state index contributed by atoms with van der Waals surface area (Å²) in [4.78, 5) is 38.6. The second-order valence-corrected chi connectivity index (χ2v) is 7.03. The summed E-state index contributed by atoms with van der Waals surface area (Å²) in [6.45, 7) is 3.14. The van der Waals surface area contributed by atoms with E-state index in [1.54, 1.807) is 25.1 Å². The fraction of sp³-hybridized carbons (Fsp3) is 0.250. The first-order valence-corrected chi connectivity index (χ1v) is 9.11. The number of benzene rings is 2. The molecule has 0 spiro atoms. The average Bonchev–Trinajstić information content (AvgIpc) is 2.90. The first kappa shape index (κ1) is 19.8. The predicted molar refractivity (Wildman–Crippen MR) is 103 cm³/mol. The Morgan fingerprint density at radius 2 is 1.89 bits per heavy atom. The number of rotatable bonds is 5. The lowest BCUT2D eigenvalue weighted by Gasteiger charge is -2.25. The van der Waals surface area contributed by atoms with Crippen molar-refractivity contribution in [1.29, 1.82) is 0 Å². The first-order chi connectivity index (χ1) is 13.3. The Labute approximate surface area is 166 Å². The number of amides is 4. The summed E-state index contributed by atoms with van der Waals surface area (Å²) in [5.74, 6) is -1.56. The SMILES string of the molecule is CC[C@@]1(c2ccc(F)cc2)NC(=O)N(CC(=O)Nc2ccc(C)cc2Cl)C1=O. The molecule has 0 radical (unpaired) electrons. The maximum Gasteiger partial charge on any atom is 0.325 e. The number of anilines is 1. The van der Waals surface area contributed by atoms with Gasteiger partial charge in [0.2, 0.25) is 5.91 Å². The minimum absolute atomic E-state index is 0.255. The van der Waals surface area contributed by atoms with Crippen molar-refractivity contribution in [2.24, 2.45) is 0 Å². The van der Waals surface area contributed by atoms with Crippen molar-refractivity contribution in [2.75, 3.05) is 11.9 Å². The van der Waals surface area contributed by atoms with Crippen molar-refractivity contribution in [3.05, 3.63) is 64.4 Å². The van der Waals surface area contributed by atoms with Crippen LogP contribution in [0.5, 0.6) is 0 Å². The van der Waals surface area contributed by atoms with Gasteiger partial charge in [-0.25, -0.2) is 9.18 Å². The van der Waals surface area contributed by atoms with Crippen LogP contribution in [0.4, 0.5) is 14.9 Å². The van der Waals surface area contributed by atoms with E-state index in [2.05, 4.69) is 10.6 Å². The van der Waals surface area contributed by atoms with Crippen LogP contribution in [-0.4, -0.2) is 29.3 Å². The number of carbonyl (C=O) groups is 3. The molecule has 1 fully saturated rings. The highest BCUT2D eigenvalue weighted by Gasteiger charge is 2.51. The molecule has 3 rings (SSSR count). The number of aryl methyl sites for hydroxylation is 1. The van der Waals surface area contributed by atoms with Crippen LogP contribution in [0.2, 0.25) is 5.02 Å². The van der Waals surface area contributed by atoms with Gasteiger partial charge in [-0.2, -0.15) is 0 Å². The maximum absolute atomic E-state index is 13.2. The number of imide groups is 1. The fourth-order valence-corrected chi connectivity index (χ4v) is 3.48. The average molecular weight is 404 g/mol. The van der Waals surface area contributed by atoms with E-state index < -0.39 is 35.7 Å². The van der Waals surface area contributed by atoms with Crippen LogP contribution in [0.1, 0.15) is 24.5 Å². The molecule has 1 atom stereocenters. The van der Waals surface area contributed by atoms with Crippen molar-refractivity contribution in [3.63, 3.8) is 0 Å². The van der Waals surface area contributed by atoms with Crippen molar-refractivity contribution < 1.29 is 18.8 Å². The van der Waals surface area contributed by atoms with E-state index >= 15 is 0 Å². The number of nitrogens with zero attached hydrogens (tertiary/aromatic N) is 1. The molecule has 2 aromatic rings. The third-order valence-corrected chi connectivity index (χ3v) is 5.06. The van der Waals surface area contributed by atoms with E-state index in [4.69, 9.17) is 11.6 Å². The first-order valence-electron chi connectivity index (χ1n) is 8.73. The molecule has 0 unspecified atom stereocenters. The number of hydrogen-bond acceptors (Lipinski definition) is 3. The molecule has 2 N–H and O–H groups in total. The lowest BCUT2D eigenvalue weighted by molar-refractivity contribution is -0.134. The molecule has 2 aromatic carbocycles. The van der Waals surface area contributed by atoms with Gasteiger partial charge >= 0.3 is 6.03 Å². The van der Waals surface area contributed by atoms with E-state index in [9.17, 15) is 18.8 Å². The molecule has 1 aliphatic heterocycles. The van der Waals surface area contributed by atoms with Gasteiger partial charge in [-0.3, -0.25) is 14.5 Å². The van der Waals surface area contributed by atoms with Gasteiger partial charge in [0, 0.05) is 0 Å². The standard InChI is InChI=1S/C20H19ClFN3O3/c1-3-20(13-5-7-14(22)8-6-13)18(27)25(19(28)24-20)11-17(26)23-16-9-4-12(2)10-15(16)21/h4-10H,3,11H2,1-2H3,(H,23,26)(H,24,28)/t20-/m0/s1. The molecule has 0 aliphatic carbocycles. The summed E-state index contributed by atoms with van der Waals surface area (Å²) in [5.41, 5.74) is 0.458. The zero-order valence-electron chi connectivity index (χ0n) is 15.4. The lowest BCUT2D eigenvalue weighted by atomic mass is 9.87. The number of nitrogens with one attached hydrogen (secondary N) is 2. The minimum Gasteiger partial charge on any atom is -0.323 e. The Hall–Kier alpha value is -2.93.